The third-order valence-corrected chi connectivity index (χ3v) is 7.84. The largest absolute Gasteiger partial charge is 0.472 e. The van der Waals surface area contributed by atoms with Crippen molar-refractivity contribution in [2.45, 2.75) is 98.0 Å². The van der Waals surface area contributed by atoms with Crippen molar-refractivity contribution in [2.75, 3.05) is 13.2 Å². The fourth-order valence-electron chi connectivity index (χ4n) is 5.69. The predicted molar refractivity (Wildman–Crippen MR) is 109 cm³/mol. The second-order valence-electron chi connectivity index (χ2n) is 9.95. The van der Waals surface area contributed by atoms with Gasteiger partial charge in [-0.25, -0.2) is 0 Å². The van der Waals surface area contributed by atoms with Crippen LogP contribution >= 0.6 is 0 Å². The molecule has 5 rings (SSSR count). The van der Waals surface area contributed by atoms with E-state index in [0.717, 1.165) is 6.26 Å². The van der Waals surface area contributed by atoms with Gasteiger partial charge in [0.15, 0.2) is 12.6 Å². The van der Waals surface area contributed by atoms with Gasteiger partial charge in [0, 0.05) is 0 Å². The number of aliphatic hydroxyl groups excluding tert-OH is 9. The Bertz CT molecular complexity index is 840. The van der Waals surface area contributed by atoms with Gasteiger partial charge in [-0.1, -0.05) is 0 Å². The molecule has 4 heterocycles. The van der Waals surface area contributed by atoms with Crippen LogP contribution in [-0.2, 0) is 28.4 Å². The first kappa shape index (κ1) is 26.6. The quantitative estimate of drug-likeness (QED) is 0.147. The highest BCUT2D eigenvalue weighted by Gasteiger charge is 2.80. The van der Waals surface area contributed by atoms with Gasteiger partial charge in [0.2, 0.25) is 6.29 Å². The van der Waals surface area contributed by atoms with Gasteiger partial charge in [-0.3, -0.25) is 0 Å². The van der Waals surface area contributed by atoms with E-state index in [1.165, 1.54) is 6.08 Å². The fourth-order valence-corrected chi connectivity index (χ4v) is 5.69. The molecule has 0 spiro atoms. The Morgan fingerprint density at radius 2 is 1.31 bits per heavy atom. The van der Waals surface area contributed by atoms with Gasteiger partial charge in [0.25, 0.3) is 0 Å². The highest BCUT2D eigenvalue weighted by Crippen LogP contribution is 2.63. The zero-order valence-electron chi connectivity index (χ0n) is 19.1. The molecular formula is C21H32O15. The maximum absolute atomic E-state index is 11.1. The van der Waals surface area contributed by atoms with Crippen molar-refractivity contribution in [3.63, 3.8) is 0 Å². The minimum absolute atomic E-state index is 0.675. The van der Waals surface area contributed by atoms with Crippen LogP contribution in [0.1, 0.15) is 6.92 Å². The summed E-state index contributed by atoms with van der Waals surface area (Å²) < 4.78 is 34.0. The average Bonchev–Trinajstić information content (AvgIpc) is 3.51. The molecule has 1 saturated carbocycles. The van der Waals surface area contributed by atoms with Crippen molar-refractivity contribution < 1.29 is 74.4 Å². The van der Waals surface area contributed by atoms with Crippen molar-refractivity contribution in [1.82, 2.24) is 0 Å². The molecule has 0 aromatic carbocycles. The molecule has 1 aliphatic carbocycles. The topological polar surface area (TPSA) is 241 Å². The lowest BCUT2D eigenvalue weighted by Crippen LogP contribution is -2.65. The Morgan fingerprint density at radius 1 is 0.750 bits per heavy atom. The molecule has 15 nitrogen and oxygen atoms in total. The van der Waals surface area contributed by atoms with Gasteiger partial charge in [-0.2, -0.15) is 0 Å². The summed E-state index contributed by atoms with van der Waals surface area (Å²) in [6.45, 7) is 0.288. The maximum atomic E-state index is 11.1. The van der Waals surface area contributed by atoms with Crippen LogP contribution in [0.2, 0.25) is 0 Å². The van der Waals surface area contributed by atoms with E-state index in [2.05, 4.69) is 0 Å². The highest BCUT2D eigenvalue weighted by molar-refractivity contribution is 5.32. The van der Waals surface area contributed by atoms with E-state index in [9.17, 15) is 46.0 Å². The first-order valence-corrected chi connectivity index (χ1v) is 11.6. The van der Waals surface area contributed by atoms with Gasteiger partial charge in [0.05, 0.1) is 25.4 Å². The Balaban J connectivity index is 1.42. The summed E-state index contributed by atoms with van der Waals surface area (Å²) in [7, 11) is 0. The number of epoxide rings is 1. The molecule has 0 aromatic heterocycles. The minimum atomic E-state index is -1.75. The number of rotatable bonds is 6. The van der Waals surface area contributed by atoms with E-state index >= 15 is 0 Å². The Morgan fingerprint density at radius 3 is 1.89 bits per heavy atom. The predicted octanol–water partition coefficient (Wildman–Crippen LogP) is -5.62. The number of aliphatic hydroxyl groups is 9. The molecule has 5 aliphatic rings. The number of hydrogen-bond donors (Lipinski definition) is 9. The van der Waals surface area contributed by atoms with E-state index in [1.807, 2.05) is 0 Å². The molecule has 36 heavy (non-hydrogen) atoms. The van der Waals surface area contributed by atoms with Gasteiger partial charge in [-0.15, -0.1) is 0 Å². The van der Waals surface area contributed by atoms with Gasteiger partial charge < -0.3 is 74.4 Å². The molecule has 9 N–H and O–H groups in total. The number of ether oxygens (including phenoxy) is 6. The Kier molecular flexibility index (Phi) is 6.88. The highest BCUT2D eigenvalue weighted by atomic mass is 16.8. The van der Waals surface area contributed by atoms with Crippen LogP contribution in [0.15, 0.2) is 12.3 Å². The summed E-state index contributed by atoms with van der Waals surface area (Å²) in [5, 5.41) is 91.4. The standard InChI is InChI=1S/C21H32O15/c1-20-14-19(34-17-12(28)10(26)8(24)6(4-22)32-17)31-3-2-21(14,15(30)16(20)35-20)36-18-13(29)11(27)9(25)7(5-23)33-18/h2-3,6-19,22-30H,4-5H2,1H3/t6-,7-,8-,9-,10+,11+,12-,13-,14-,15-,16+,17+,18+,19+,20-,21+/m1/s1. The molecule has 0 radical (unpaired) electrons. The second-order valence-corrected chi connectivity index (χ2v) is 9.95. The SMILES string of the molecule is C[C@]12O[C@H]1[C@@H](O)[C@]1(O[C@@H]3O[C@H](CO)[C@@H](O)[C@H](O)[C@H]3O)C=CO[C@@H](O[C@@H]3O[C@H](CO)[C@@H](O)[C@H](O)[C@H]3O)[C@H]21. The molecule has 206 valence electrons. The average molecular weight is 524 g/mol. The molecule has 16 atom stereocenters. The second kappa shape index (κ2) is 9.32. The van der Waals surface area contributed by atoms with E-state index in [4.69, 9.17) is 28.4 Å². The van der Waals surface area contributed by atoms with Gasteiger partial charge in [0.1, 0.15) is 72.2 Å². The maximum Gasteiger partial charge on any atom is 0.210 e. The monoisotopic (exact) mass is 524 g/mol. The lowest BCUT2D eigenvalue weighted by molar-refractivity contribution is -0.371. The summed E-state index contributed by atoms with van der Waals surface area (Å²) in [6, 6.07) is 0. The van der Waals surface area contributed by atoms with Crippen molar-refractivity contribution in [2.24, 2.45) is 5.92 Å². The third kappa shape index (κ3) is 3.82. The van der Waals surface area contributed by atoms with Crippen molar-refractivity contribution in [3.05, 3.63) is 12.3 Å². The molecule has 4 fully saturated rings. The smallest absolute Gasteiger partial charge is 0.210 e. The van der Waals surface area contributed by atoms with Gasteiger partial charge in [-0.05, 0) is 13.0 Å². The van der Waals surface area contributed by atoms with Crippen LogP contribution in [0.5, 0.6) is 0 Å². The van der Waals surface area contributed by atoms with Crippen LogP contribution in [0, 0.1) is 5.92 Å². The Hall–Kier alpha value is -1.02. The summed E-state index contributed by atoms with van der Waals surface area (Å²) in [6.07, 6.45) is -16.7. The van der Waals surface area contributed by atoms with Crippen molar-refractivity contribution >= 4 is 0 Å². The van der Waals surface area contributed by atoms with Crippen molar-refractivity contribution in [3.8, 4) is 0 Å². The van der Waals surface area contributed by atoms with E-state index in [0.29, 0.717) is 0 Å². The zero-order chi connectivity index (χ0) is 26.2. The van der Waals surface area contributed by atoms with Crippen LogP contribution < -0.4 is 0 Å². The third-order valence-electron chi connectivity index (χ3n) is 7.84. The first-order valence-electron chi connectivity index (χ1n) is 11.6. The van der Waals surface area contributed by atoms with E-state index in [1.54, 1.807) is 6.92 Å². The van der Waals surface area contributed by atoms with Crippen molar-refractivity contribution in [1.29, 1.82) is 0 Å². The molecular weight excluding hydrogens is 492 g/mol. The van der Waals surface area contributed by atoms with Crippen LogP contribution in [0.4, 0.5) is 0 Å². The van der Waals surface area contributed by atoms with Crippen LogP contribution in [0.25, 0.3) is 0 Å². The van der Waals surface area contributed by atoms with Crippen LogP contribution in [0.3, 0.4) is 0 Å². The molecule has 3 saturated heterocycles. The summed E-state index contributed by atoms with van der Waals surface area (Å²) in [5.74, 6) is -0.991. The normalized spacial score (nSPS) is 58.2. The molecule has 0 bridgehead atoms. The molecule has 0 aromatic rings. The zero-order valence-corrected chi connectivity index (χ0v) is 19.1. The van der Waals surface area contributed by atoms with Crippen LogP contribution in [-0.4, -0.2) is 150 Å². The summed E-state index contributed by atoms with van der Waals surface area (Å²) >= 11 is 0. The first-order chi connectivity index (χ1) is 17.0. The summed E-state index contributed by atoms with van der Waals surface area (Å²) in [5.41, 5.74) is -2.78. The molecule has 4 aliphatic heterocycles. The number of hydrogen-bond acceptors (Lipinski definition) is 15. The summed E-state index contributed by atoms with van der Waals surface area (Å²) in [4.78, 5) is 0. The molecule has 15 heteroatoms. The Labute approximate surface area is 204 Å². The fraction of sp³-hybridized carbons (Fsp3) is 0.905. The molecule has 0 amide bonds. The minimum Gasteiger partial charge on any atom is -0.472 e. The van der Waals surface area contributed by atoms with Gasteiger partial charge >= 0.3 is 0 Å². The molecule has 0 unspecified atom stereocenters. The van der Waals surface area contributed by atoms with E-state index in [-0.39, 0.29) is 0 Å². The number of fused-ring (bicyclic) bond motifs is 3. The van der Waals surface area contributed by atoms with E-state index < -0.39 is 110 Å². The lowest BCUT2D eigenvalue weighted by Gasteiger charge is -2.49. The lowest BCUT2D eigenvalue weighted by atomic mass is 9.81.